The van der Waals surface area contributed by atoms with Gasteiger partial charge >= 0.3 is 0 Å². The molecule has 2 N–H and O–H groups in total. The second-order valence-electron chi connectivity index (χ2n) is 8.58. The summed E-state index contributed by atoms with van der Waals surface area (Å²) in [6.45, 7) is 4.28. The Morgan fingerprint density at radius 1 is 1.12 bits per heavy atom. The summed E-state index contributed by atoms with van der Waals surface area (Å²) in [5, 5.41) is 21.3. The van der Waals surface area contributed by atoms with E-state index in [0.29, 0.717) is 35.4 Å². The molecule has 0 bridgehead atoms. The highest BCUT2D eigenvalue weighted by molar-refractivity contribution is 5.78. The van der Waals surface area contributed by atoms with E-state index < -0.39 is 12.2 Å². The molecule has 2 atom stereocenters. The van der Waals surface area contributed by atoms with Gasteiger partial charge in [-0.15, -0.1) is 0 Å². The van der Waals surface area contributed by atoms with E-state index in [1.165, 1.54) is 13.3 Å². The van der Waals surface area contributed by atoms with Crippen LogP contribution in [0.15, 0.2) is 42.6 Å². The predicted octanol–water partition coefficient (Wildman–Crippen LogP) is 3.43. The van der Waals surface area contributed by atoms with E-state index >= 15 is 0 Å². The molecule has 1 saturated heterocycles. The molecular formula is C25H30FN3O3. The number of ether oxygens (including phenoxy) is 1. The van der Waals surface area contributed by atoms with E-state index in [2.05, 4.69) is 14.9 Å². The van der Waals surface area contributed by atoms with Crippen LogP contribution in [-0.4, -0.2) is 57.9 Å². The molecule has 32 heavy (non-hydrogen) atoms. The molecule has 0 aliphatic carbocycles. The number of likely N-dealkylation sites (tertiary alicyclic amines) is 1. The van der Waals surface area contributed by atoms with Crippen molar-refractivity contribution in [2.45, 2.75) is 38.4 Å². The van der Waals surface area contributed by atoms with Gasteiger partial charge in [0.05, 0.1) is 30.4 Å². The number of hydrogen-bond acceptors (Lipinski definition) is 6. The van der Waals surface area contributed by atoms with Gasteiger partial charge in [0.1, 0.15) is 11.9 Å². The highest BCUT2D eigenvalue weighted by Crippen LogP contribution is 2.29. The Hall–Kier alpha value is -2.61. The van der Waals surface area contributed by atoms with Crippen molar-refractivity contribution in [3.63, 3.8) is 0 Å². The van der Waals surface area contributed by atoms with Crippen molar-refractivity contribution in [2.75, 3.05) is 26.7 Å². The van der Waals surface area contributed by atoms with Crippen molar-refractivity contribution in [3.05, 3.63) is 65.1 Å². The lowest BCUT2D eigenvalue weighted by molar-refractivity contribution is -0.0360. The van der Waals surface area contributed by atoms with Crippen LogP contribution in [0.3, 0.4) is 0 Å². The third-order valence-corrected chi connectivity index (χ3v) is 6.48. The molecule has 4 rings (SSSR count). The maximum absolute atomic E-state index is 14.5. The number of aryl methyl sites for hydroxylation is 1. The Labute approximate surface area is 187 Å². The van der Waals surface area contributed by atoms with Crippen LogP contribution < -0.4 is 4.74 Å². The SMILES string of the molecule is COc1ccc2ncc(F)c(CCN3CCC([C@H](O)[C@H](O)c4ccc(C)cc4)CC3)c2n1. The predicted molar refractivity (Wildman–Crippen MR) is 121 cm³/mol. The van der Waals surface area contributed by atoms with Crippen LogP contribution in [0.25, 0.3) is 11.0 Å². The third kappa shape index (κ3) is 4.90. The molecule has 0 unspecified atom stereocenters. The second kappa shape index (κ2) is 9.90. The Balaban J connectivity index is 1.35. The second-order valence-corrected chi connectivity index (χ2v) is 8.58. The van der Waals surface area contributed by atoms with Gasteiger partial charge in [-0.1, -0.05) is 29.8 Å². The smallest absolute Gasteiger partial charge is 0.213 e. The van der Waals surface area contributed by atoms with Crippen LogP contribution >= 0.6 is 0 Å². The number of pyridine rings is 2. The first kappa shape index (κ1) is 22.6. The summed E-state index contributed by atoms with van der Waals surface area (Å²) in [5.41, 5.74) is 3.60. The Morgan fingerprint density at radius 2 is 1.84 bits per heavy atom. The number of aromatic nitrogens is 2. The molecule has 6 nitrogen and oxygen atoms in total. The minimum atomic E-state index is -0.884. The van der Waals surface area contributed by atoms with Crippen LogP contribution in [0, 0.1) is 18.7 Å². The molecule has 0 radical (unpaired) electrons. The molecule has 1 aliphatic heterocycles. The fourth-order valence-electron chi connectivity index (χ4n) is 4.44. The lowest BCUT2D eigenvalue weighted by Crippen LogP contribution is -2.40. The lowest BCUT2D eigenvalue weighted by Gasteiger charge is -2.35. The lowest BCUT2D eigenvalue weighted by atomic mass is 9.86. The molecular weight excluding hydrogens is 409 g/mol. The van der Waals surface area contributed by atoms with Crippen LogP contribution in [0.5, 0.6) is 5.88 Å². The molecule has 3 heterocycles. The molecule has 170 valence electrons. The number of aliphatic hydroxyl groups is 2. The zero-order chi connectivity index (χ0) is 22.7. The molecule has 0 saturated carbocycles. The summed E-state index contributed by atoms with van der Waals surface area (Å²) in [5.74, 6) is 0.116. The fraction of sp³-hybridized carbons (Fsp3) is 0.440. The number of piperidine rings is 1. The van der Waals surface area contributed by atoms with Gasteiger partial charge in [0.2, 0.25) is 5.88 Å². The van der Waals surface area contributed by atoms with E-state index in [1.807, 2.05) is 31.2 Å². The van der Waals surface area contributed by atoms with E-state index in [-0.39, 0.29) is 11.7 Å². The first-order valence-corrected chi connectivity index (χ1v) is 11.1. The van der Waals surface area contributed by atoms with Crippen molar-refractivity contribution in [3.8, 4) is 5.88 Å². The normalized spacial score (nSPS) is 17.4. The van der Waals surface area contributed by atoms with E-state index in [9.17, 15) is 14.6 Å². The van der Waals surface area contributed by atoms with Gasteiger partial charge in [0.25, 0.3) is 0 Å². The number of methoxy groups -OCH3 is 1. The molecule has 2 aromatic heterocycles. The topological polar surface area (TPSA) is 78.7 Å². The standard InChI is InChI=1S/C25H30FN3O3/c1-16-3-5-17(6-4-16)24(30)25(31)18-9-12-29(13-10-18)14-11-19-20(26)15-27-21-7-8-22(32-2)28-23(19)21/h3-8,15,18,24-25,30-31H,9-14H2,1-2H3/t24-,25+/m1/s1. The number of nitrogens with zero attached hydrogens (tertiary/aromatic N) is 3. The number of aliphatic hydroxyl groups excluding tert-OH is 2. The molecule has 1 fully saturated rings. The first-order valence-electron chi connectivity index (χ1n) is 11.1. The minimum absolute atomic E-state index is 0.0342. The van der Waals surface area contributed by atoms with Gasteiger partial charge in [0, 0.05) is 18.2 Å². The monoisotopic (exact) mass is 439 g/mol. The van der Waals surface area contributed by atoms with Crippen molar-refractivity contribution in [2.24, 2.45) is 5.92 Å². The minimum Gasteiger partial charge on any atom is -0.481 e. The summed E-state index contributed by atoms with van der Waals surface area (Å²) in [4.78, 5) is 10.8. The van der Waals surface area contributed by atoms with Crippen molar-refractivity contribution in [1.82, 2.24) is 14.9 Å². The van der Waals surface area contributed by atoms with Crippen molar-refractivity contribution < 1.29 is 19.3 Å². The quantitative estimate of drug-likeness (QED) is 0.587. The summed E-state index contributed by atoms with van der Waals surface area (Å²) in [7, 11) is 1.54. The summed E-state index contributed by atoms with van der Waals surface area (Å²) in [6, 6.07) is 11.1. The van der Waals surface area contributed by atoms with Gasteiger partial charge in [-0.3, -0.25) is 4.98 Å². The maximum atomic E-state index is 14.5. The molecule has 3 aromatic rings. The summed E-state index contributed by atoms with van der Waals surface area (Å²) < 4.78 is 19.7. The number of halogens is 1. The summed E-state index contributed by atoms with van der Waals surface area (Å²) in [6.07, 6.45) is 1.67. The number of hydrogen-bond donors (Lipinski definition) is 2. The molecule has 7 heteroatoms. The molecule has 1 aromatic carbocycles. The van der Waals surface area contributed by atoms with Crippen molar-refractivity contribution >= 4 is 11.0 Å². The third-order valence-electron chi connectivity index (χ3n) is 6.48. The van der Waals surface area contributed by atoms with E-state index in [1.54, 1.807) is 12.1 Å². The Kier molecular flexibility index (Phi) is 6.98. The average molecular weight is 440 g/mol. The number of fused-ring (bicyclic) bond motifs is 1. The van der Waals surface area contributed by atoms with Crippen molar-refractivity contribution in [1.29, 1.82) is 0 Å². The highest BCUT2D eigenvalue weighted by atomic mass is 19.1. The zero-order valence-corrected chi connectivity index (χ0v) is 18.5. The van der Waals surface area contributed by atoms with Gasteiger partial charge in [0.15, 0.2) is 0 Å². The largest absolute Gasteiger partial charge is 0.481 e. The van der Waals surface area contributed by atoms with Crippen LogP contribution in [0.4, 0.5) is 4.39 Å². The van der Waals surface area contributed by atoms with Gasteiger partial charge in [-0.2, -0.15) is 0 Å². The maximum Gasteiger partial charge on any atom is 0.213 e. The molecule has 1 aliphatic rings. The van der Waals surface area contributed by atoms with Gasteiger partial charge < -0.3 is 19.8 Å². The van der Waals surface area contributed by atoms with Crippen LogP contribution in [-0.2, 0) is 6.42 Å². The molecule has 0 amide bonds. The molecule has 0 spiro atoms. The Bertz CT molecular complexity index is 1050. The number of benzene rings is 1. The van der Waals surface area contributed by atoms with Crippen LogP contribution in [0.2, 0.25) is 0 Å². The van der Waals surface area contributed by atoms with E-state index in [0.717, 1.165) is 37.1 Å². The van der Waals surface area contributed by atoms with E-state index in [4.69, 9.17) is 4.74 Å². The number of rotatable bonds is 7. The van der Waals surface area contributed by atoms with Gasteiger partial charge in [-0.25, -0.2) is 9.37 Å². The zero-order valence-electron chi connectivity index (χ0n) is 18.5. The highest BCUT2D eigenvalue weighted by Gasteiger charge is 2.30. The average Bonchev–Trinajstić information content (AvgIpc) is 2.83. The Morgan fingerprint density at radius 3 is 2.53 bits per heavy atom. The fourth-order valence-corrected chi connectivity index (χ4v) is 4.44. The van der Waals surface area contributed by atoms with Gasteiger partial charge in [-0.05, 0) is 56.8 Å². The summed E-state index contributed by atoms with van der Waals surface area (Å²) >= 11 is 0. The van der Waals surface area contributed by atoms with Crippen LogP contribution in [0.1, 0.15) is 35.6 Å². The first-order chi connectivity index (χ1) is 15.5.